The standard InChI is InChI=1S/C20H35B/c1-4-7-10-13-18-16-17-21-20(15-12-9-6-3)19(18)14-11-8-5-2/h16-17H,4-15H2,1-3H3. The fourth-order valence-corrected chi connectivity index (χ4v) is 3.16. The summed E-state index contributed by atoms with van der Waals surface area (Å²) < 4.78 is 0. The first kappa shape index (κ1) is 18.5. The van der Waals surface area contributed by atoms with Crippen LogP contribution in [0.1, 0.15) is 95.1 Å². The number of rotatable bonds is 12. The van der Waals surface area contributed by atoms with Crippen molar-refractivity contribution in [2.24, 2.45) is 0 Å². The fraction of sp³-hybridized carbons (Fsp3) is 0.750. The van der Waals surface area contributed by atoms with Crippen molar-refractivity contribution >= 4 is 6.91 Å². The maximum atomic E-state index is 2.39. The first-order valence-corrected chi connectivity index (χ1v) is 9.43. The van der Waals surface area contributed by atoms with Crippen LogP contribution in [0.25, 0.3) is 0 Å². The fourth-order valence-electron chi connectivity index (χ4n) is 3.16. The summed E-state index contributed by atoms with van der Waals surface area (Å²) in [5.41, 5.74) is 5.00. The molecule has 0 saturated carbocycles. The SMILES string of the molecule is CCCCCc1bccc(CCCCC)c1CCCCC. The average molecular weight is 286 g/mol. The molecule has 1 aromatic rings. The summed E-state index contributed by atoms with van der Waals surface area (Å²) in [5.74, 6) is 2.30. The van der Waals surface area contributed by atoms with Crippen molar-refractivity contribution in [1.29, 1.82) is 0 Å². The van der Waals surface area contributed by atoms with Crippen LogP contribution >= 0.6 is 0 Å². The van der Waals surface area contributed by atoms with Gasteiger partial charge in [-0.2, -0.15) is 0 Å². The van der Waals surface area contributed by atoms with Gasteiger partial charge in [-0.25, -0.2) is 0 Å². The van der Waals surface area contributed by atoms with Gasteiger partial charge < -0.3 is 0 Å². The third-order valence-electron chi connectivity index (χ3n) is 4.50. The molecule has 0 radical (unpaired) electrons. The number of hydrogen-bond acceptors (Lipinski definition) is 0. The summed E-state index contributed by atoms with van der Waals surface area (Å²) in [6.45, 7) is 9.28. The van der Waals surface area contributed by atoms with Gasteiger partial charge >= 0.3 is 133 Å². The summed E-state index contributed by atoms with van der Waals surface area (Å²) in [6.07, 6.45) is 16.0. The summed E-state index contributed by atoms with van der Waals surface area (Å²) in [4.78, 5) is 0. The predicted octanol–water partition coefficient (Wildman–Crippen LogP) is 6.22. The Morgan fingerprint density at radius 3 is 1.90 bits per heavy atom. The molecule has 0 bridgehead atoms. The normalized spacial score (nSPS) is 10.8. The number of aryl methyl sites for hydroxylation is 2. The Labute approximate surface area is 134 Å². The van der Waals surface area contributed by atoms with Crippen LogP contribution in [-0.2, 0) is 19.3 Å². The van der Waals surface area contributed by atoms with Crippen LogP contribution in [0.3, 0.4) is 0 Å². The minimum atomic E-state index is 1.29. The molecule has 1 rings (SSSR count). The second-order valence-corrected chi connectivity index (χ2v) is 6.43. The van der Waals surface area contributed by atoms with E-state index in [-0.39, 0.29) is 0 Å². The molecule has 1 heterocycles. The van der Waals surface area contributed by atoms with Crippen LogP contribution in [0.15, 0.2) is 12.0 Å². The van der Waals surface area contributed by atoms with Gasteiger partial charge in [0.15, 0.2) is 0 Å². The zero-order valence-electron chi connectivity index (χ0n) is 14.7. The Bertz CT molecular complexity index is 342. The van der Waals surface area contributed by atoms with Crippen LogP contribution in [0.5, 0.6) is 0 Å². The van der Waals surface area contributed by atoms with Gasteiger partial charge in [0, 0.05) is 0 Å². The van der Waals surface area contributed by atoms with E-state index in [4.69, 9.17) is 0 Å². The van der Waals surface area contributed by atoms with Crippen molar-refractivity contribution in [3.63, 3.8) is 0 Å². The van der Waals surface area contributed by atoms with E-state index in [1.165, 1.54) is 77.0 Å². The molecule has 1 heteroatoms. The van der Waals surface area contributed by atoms with E-state index in [0.717, 1.165) is 0 Å². The molecule has 0 nitrogen and oxygen atoms in total. The Balaban J connectivity index is 2.75. The summed E-state index contributed by atoms with van der Waals surface area (Å²) >= 11 is 0. The van der Waals surface area contributed by atoms with Crippen molar-refractivity contribution in [3.8, 4) is 0 Å². The van der Waals surface area contributed by atoms with Crippen molar-refractivity contribution in [3.05, 3.63) is 28.6 Å². The molecule has 0 aliphatic heterocycles. The first-order valence-electron chi connectivity index (χ1n) is 9.43. The van der Waals surface area contributed by atoms with Crippen LogP contribution in [0.2, 0.25) is 0 Å². The molecule has 0 atom stereocenters. The van der Waals surface area contributed by atoms with Gasteiger partial charge in [0.25, 0.3) is 0 Å². The molecule has 118 valence electrons. The quantitative estimate of drug-likeness (QED) is 0.400. The van der Waals surface area contributed by atoms with Gasteiger partial charge in [-0.1, -0.05) is 0 Å². The van der Waals surface area contributed by atoms with Gasteiger partial charge in [0.05, 0.1) is 0 Å². The molecule has 0 amide bonds. The molecule has 0 aromatic carbocycles. The molecule has 0 saturated heterocycles. The summed E-state index contributed by atoms with van der Waals surface area (Å²) in [5, 5.41) is 0. The van der Waals surface area contributed by atoms with Crippen molar-refractivity contribution in [2.75, 3.05) is 0 Å². The molecule has 0 unspecified atom stereocenters. The van der Waals surface area contributed by atoms with Crippen LogP contribution < -0.4 is 0 Å². The average Bonchev–Trinajstić information content (AvgIpc) is 2.50. The van der Waals surface area contributed by atoms with Gasteiger partial charge in [0.2, 0.25) is 0 Å². The molecule has 0 aliphatic carbocycles. The van der Waals surface area contributed by atoms with Gasteiger partial charge in [0.1, 0.15) is 0 Å². The van der Waals surface area contributed by atoms with Crippen LogP contribution in [-0.4, -0.2) is 6.91 Å². The zero-order valence-corrected chi connectivity index (χ0v) is 14.7. The maximum absolute atomic E-state index is 2.39. The third-order valence-corrected chi connectivity index (χ3v) is 4.50. The third kappa shape index (κ3) is 7.29. The Morgan fingerprint density at radius 2 is 1.29 bits per heavy atom. The molecular weight excluding hydrogens is 251 g/mol. The zero-order chi connectivity index (χ0) is 15.3. The molecule has 0 spiro atoms. The Morgan fingerprint density at radius 1 is 0.714 bits per heavy atom. The Hall–Kier alpha value is -0.585. The van der Waals surface area contributed by atoms with E-state index in [0.29, 0.717) is 0 Å². The van der Waals surface area contributed by atoms with Crippen molar-refractivity contribution in [1.82, 2.24) is 0 Å². The van der Waals surface area contributed by atoms with Crippen LogP contribution in [0, 0.1) is 0 Å². The topological polar surface area (TPSA) is 0 Å². The van der Waals surface area contributed by atoms with E-state index in [1.807, 2.05) is 0 Å². The monoisotopic (exact) mass is 286 g/mol. The Kier molecular flexibility index (Phi) is 10.6. The predicted molar refractivity (Wildman–Crippen MR) is 97.5 cm³/mol. The molecular formula is C20H35B. The molecule has 0 fully saturated rings. The van der Waals surface area contributed by atoms with Crippen molar-refractivity contribution < 1.29 is 0 Å². The van der Waals surface area contributed by atoms with E-state index < -0.39 is 0 Å². The molecule has 1 aromatic heterocycles. The van der Waals surface area contributed by atoms with Gasteiger partial charge in [-0.05, 0) is 0 Å². The van der Waals surface area contributed by atoms with E-state index >= 15 is 0 Å². The van der Waals surface area contributed by atoms with E-state index in [9.17, 15) is 0 Å². The van der Waals surface area contributed by atoms with Crippen molar-refractivity contribution in [2.45, 2.75) is 97.8 Å². The minimum absolute atomic E-state index is 1.29. The second kappa shape index (κ2) is 12.0. The molecule has 0 aliphatic rings. The van der Waals surface area contributed by atoms with E-state index in [1.54, 1.807) is 16.6 Å². The summed E-state index contributed by atoms with van der Waals surface area (Å²) in [6, 6.07) is 2.39. The molecule has 21 heavy (non-hydrogen) atoms. The summed E-state index contributed by atoms with van der Waals surface area (Å²) in [7, 11) is 0. The van der Waals surface area contributed by atoms with Gasteiger partial charge in [-0.15, -0.1) is 0 Å². The molecule has 0 N–H and O–H groups in total. The van der Waals surface area contributed by atoms with Crippen LogP contribution in [0.4, 0.5) is 0 Å². The van der Waals surface area contributed by atoms with E-state index in [2.05, 4.69) is 39.7 Å². The number of hydrogen-bond donors (Lipinski definition) is 0. The number of unbranched alkanes of at least 4 members (excludes halogenated alkanes) is 6. The van der Waals surface area contributed by atoms with Gasteiger partial charge in [-0.3, -0.25) is 0 Å². The second-order valence-electron chi connectivity index (χ2n) is 6.43. The first-order chi connectivity index (χ1) is 10.3.